The molecule has 6 saturated heterocycles. The van der Waals surface area contributed by atoms with E-state index in [4.69, 9.17) is 33.3 Å². The van der Waals surface area contributed by atoms with Gasteiger partial charge in [-0.05, 0) is 50.1 Å². The molecule has 2 aromatic carbocycles. The highest BCUT2D eigenvalue weighted by Gasteiger charge is 2.40. The normalized spacial score (nSPS) is 20.6. The lowest BCUT2D eigenvalue weighted by atomic mass is 9.92. The van der Waals surface area contributed by atoms with E-state index in [-0.39, 0.29) is 47.1 Å². The number of pyridine rings is 1. The van der Waals surface area contributed by atoms with Crippen LogP contribution >= 0.6 is 22.7 Å². The molecule has 0 aliphatic carbocycles. The number of hydrogen-bond donors (Lipinski definition) is 3. The predicted molar refractivity (Wildman–Crippen MR) is 226 cm³/mol. The van der Waals surface area contributed by atoms with Gasteiger partial charge in [0.15, 0.2) is 33.7 Å². The zero-order valence-corrected chi connectivity index (χ0v) is 34.7. The number of hydrogen-bond acceptors (Lipinski definition) is 18. The van der Waals surface area contributed by atoms with Crippen molar-refractivity contribution < 1.29 is 36.6 Å². The SMILES string of the molecule is Cc1cc(C(F)(F)F)c(Oc2ccc(-c3nc(-c4cc(Oc5ccc(-c6nccs6)c6oc(N7CC8CC(C7)N8)nc56)ncc4CO)cs3)c3oc(N4CC5CC(C4)N5)nc23)nn1. The van der Waals surface area contributed by atoms with Crippen LogP contribution in [0, 0.1) is 6.92 Å². The third kappa shape index (κ3) is 6.81. The average molecular weight is 894 g/mol. The Morgan fingerprint density at radius 2 is 1.40 bits per heavy atom. The number of rotatable bonds is 10. The fourth-order valence-electron chi connectivity index (χ4n) is 8.79. The molecule has 8 aromatic rings. The topological polar surface area (TPSA) is 186 Å². The molecule has 3 N–H and O–H groups in total. The number of ether oxygens (including phenoxy) is 2. The Morgan fingerprint density at radius 3 is 1.98 bits per heavy atom. The second-order valence-electron chi connectivity index (χ2n) is 16.1. The summed E-state index contributed by atoms with van der Waals surface area (Å²) in [6.45, 7) is 4.00. The lowest BCUT2D eigenvalue weighted by Crippen LogP contribution is -2.67. The number of aryl methyl sites for hydroxylation is 1. The third-order valence-electron chi connectivity index (χ3n) is 11.8. The maximum Gasteiger partial charge on any atom is 0.421 e. The molecule has 63 heavy (non-hydrogen) atoms. The first-order valence-electron chi connectivity index (χ1n) is 20.2. The highest BCUT2D eigenvalue weighted by atomic mass is 32.1. The first-order chi connectivity index (χ1) is 30.6. The van der Waals surface area contributed by atoms with Gasteiger partial charge in [-0.15, -0.1) is 27.8 Å². The van der Waals surface area contributed by atoms with Crippen LogP contribution in [0.15, 0.2) is 68.4 Å². The molecule has 0 saturated carbocycles. The summed E-state index contributed by atoms with van der Waals surface area (Å²) >= 11 is 2.82. The average Bonchev–Trinajstić information content (AvgIpc) is 4.11. The number of benzene rings is 2. The number of fused-ring (bicyclic) bond motifs is 6. The van der Waals surface area contributed by atoms with Gasteiger partial charge in [0, 0.05) is 90.7 Å². The van der Waals surface area contributed by atoms with E-state index in [0.29, 0.717) is 81.4 Å². The number of anilines is 2. The molecule has 0 spiro atoms. The van der Waals surface area contributed by atoms with E-state index in [1.165, 1.54) is 35.7 Å². The van der Waals surface area contributed by atoms with Crippen LogP contribution < -0.4 is 29.9 Å². The monoisotopic (exact) mass is 893 g/mol. The van der Waals surface area contributed by atoms with Gasteiger partial charge in [0.25, 0.3) is 17.9 Å². The third-order valence-corrected chi connectivity index (χ3v) is 13.5. The van der Waals surface area contributed by atoms with E-state index in [1.54, 1.807) is 24.5 Å². The molecule has 12 heterocycles. The van der Waals surface area contributed by atoms with Gasteiger partial charge in [0.05, 0.1) is 29.1 Å². The van der Waals surface area contributed by atoms with Crippen molar-refractivity contribution >= 4 is 56.9 Å². The molecule has 4 atom stereocenters. The Labute approximate surface area is 362 Å². The maximum atomic E-state index is 14.1. The standard InChI is InChI=1S/C42H34F3N11O5S2/c1-19-8-28(42(43,44)45)37(54-53-19)59-31-5-3-26(36-34(31)52-41(61-36)56-15-23-10-24(16-56)49-23)39-50-29(18-63-39)27-11-32(47-12-20(27)17-57)58-30-4-2-25(38-46-6-7-62-38)35-33(30)51-40(60-35)55-13-21-9-22(14-55)48-21/h2-8,11-12,18,21-24,48-49,57H,9-10,13-17H2,1H3. The minimum Gasteiger partial charge on any atom is -0.437 e. The Hall–Kier alpha value is -6.26. The van der Waals surface area contributed by atoms with E-state index in [1.807, 2.05) is 27.8 Å². The van der Waals surface area contributed by atoms with Crippen LogP contribution in [0.3, 0.4) is 0 Å². The lowest BCUT2D eigenvalue weighted by Gasteiger charge is -2.47. The van der Waals surface area contributed by atoms with Crippen molar-refractivity contribution in [3.05, 3.63) is 76.4 Å². The number of piperazine rings is 2. The van der Waals surface area contributed by atoms with Gasteiger partial charge in [0.2, 0.25) is 5.88 Å². The fraction of sp³-hybridized carbons (Fsp3) is 0.310. The Balaban J connectivity index is 0.894. The Bertz CT molecular complexity index is 3030. The Morgan fingerprint density at radius 1 is 0.778 bits per heavy atom. The molecule has 4 unspecified atom stereocenters. The second kappa shape index (κ2) is 14.7. The fourth-order valence-corrected chi connectivity index (χ4v) is 10.3. The van der Waals surface area contributed by atoms with Crippen LogP contribution in [0.25, 0.3) is 54.6 Å². The number of halogens is 3. The number of aromatic nitrogens is 7. The van der Waals surface area contributed by atoms with Crippen molar-refractivity contribution in [3.63, 3.8) is 0 Å². The van der Waals surface area contributed by atoms with E-state index in [9.17, 15) is 18.3 Å². The first-order valence-corrected chi connectivity index (χ1v) is 22.0. The molecule has 6 aromatic heterocycles. The zero-order chi connectivity index (χ0) is 42.6. The summed E-state index contributed by atoms with van der Waals surface area (Å²) in [5.41, 5.74) is 3.56. The minimum absolute atomic E-state index is 0.0144. The number of piperidine rings is 2. The van der Waals surface area contributed by atoms with E-state index in [0.717, 1.165) is 42.6 Å². The lowest BCUT2D eigenvalue weighted by molar-refractivity contribution is -0.139. The summed E-state index contributed by atoms with van der Waals surface area (Å²) in [7, 11) is 0. The van der Waals surface area contributed by atoms with Crippen LogP contribution in [-0.4, -0.2) is 90.6 Å². The molecule has 16 nitrogen and oxygen atoms in total. The number of oxazole rings is 2. The molecule has 6 aliphatic rings. The largest absolute Gasteiger partial charge is 0.437 e. The summed E-state index contributed by atoms with van der Waals surface area (Å²) < 4.78 is 67.5. The summed E-state index contributed by atoms with van der Waals surface area (Å²) in [6, 6.07) is 11.7. The quantitative estimate of drug-likeness (QED) is 0.122. The second-order valence-corrected chi connectivity index (χ2v) is 17.8. The number of nitrogens with one attached hydrogen (secondary N) is 2. The molecular formula is C42H34F3N11O5S2. The Kier molecular flexibility index (Phi) is 8.94. The van der Waals surface area contributed by atoms with Gasteiger partial charge in [-0.2, -0.15) is 28.2 Å². The van der Waals surface area contributed by atoms with Crippen molar-refractivity contribution in [3.8, 4) is 55.7 Å². The van der Waals surface area contributed by atoms with Crippen LogP contribution in [0.2, 0.25) is 0 Å². The van der Waals surface area contributed by atoms with Crippen molar-refractivity contribution in [2.24, 2.45) is 0 Å². The van der Waals surface area contributed by atoms with Crippen LogP contribution in [0.4, 0.5) is 25.2 Å². The van der Waals surface area contributed by atoms with Crippen LogP contribution in [-0.2, 0) is 12.8 Å². The molecule has 14 rings (SSSR count). The van der Waals surface area contributed by atoms with Crippen molar-refractivity contribution in [1.82, 2.24) is 45.8 Å². The van der Waals surface area contributed by atoms with E-state index >= 15 is 0 Å². The number of aliphatic hydroxyl groups is 1. The predicted octanol–water partition coefficient (Wildman–Crippen LogP) is 7.57. The highest BCUT2D eigenvalue weighted by molar-refractivity contribution is 7.13. The minimum atomic E-state index is -4.74. The molecule has 6 fully saturated rings. The van der Waals surface area contributed by atoms with Crippen molar-refractivity contribution in [1.29, 1.82) is 0 Å². The smallest absolute Gasteiger partial charge is 0.421 e. The van der Waals surface area contributed by atoms with Gasteiger partial charge in [-0.3, -0.25) is 0 Å². The summed E-state index contributed by atoms with van der Waals surface area (Å²) in [4.78, 5) is 27.9. The number of alkyl halides is 3. The van der Waals surface area contributed by atoms with Crippen LogP contribution in [0.5, 0.6) is 23.3 Å². The van der Waals surface area contributed by atoms with Crippen molar-refractivity contribution in [2.45, 2.75) is 56.7 Å². The number of thiazole rings is 2. The number of nitrogens with zero attached hydrogens (tertiary/aromatic N) is 9. The molecule has 4 bridgehead atoms. The molecule has 6 aliphatic heterocycles. The van der Waals surface area contributed by atoms with Crippen LogP contribution in [0.1, 0.15) is 29.7 Å². The molecule has 0 amide bonds. The zero-order valence-electron chi connectivity index (χ0n) is 33.1. The maximum absolute atomic E-state index is 14.1. The number of aliphatic hydroxyl groups excluding tert-OH is 1. The summed E-state index contributed by atoms with van der Waals surface area (Å²) in [6.07, 6.45) is 0.735. The van der Waals surface area contributed by atoms with Gasteiger partial charge in [0.1, 0.15) is 15.6 Å². The summed E-state index contributed by atoms with van der Waals surface area (Å²) in [5.74, 6) is -0.0138. The molecule has 21 heteroatoms. The van der Waals surface area contributed by atoms with Gasteiger partial charge in [-0.1, -0.05) is 0 Å². The molecular weight excluding hydrogens is 860 g/mol. The van der Waals surface area contributed by atoms with Gasteiger partial charge >= 0.3 is 6.18 Å². The first kappa shape index (κ1) is 38.4. The van der Waals surface area contributed by atoms with E-state index < -0.39 is 17.6 Å². The van der Waals surface area contributed by atoms with E-state index in [2.05, 4.69) is 35.7 Å². The van der Waals surface area contributed by atoms with Crippen molar-refractivity contribution in [2.75, 3.05) is 36.0 Å². The summed E-state index contributed by atoms with van der Waals surface area (Å²) in [5, 5.41) is 30.1. The van der Waals surface area contributed by atoms with Gasteiger partial charge in [-0.25, -0.2) is 15.0 Å². The molecule has 0 radical (unpaired) electrons. The van der Waals surface area contributed by atoms with Gasteiger partial charge < -0.3 is 43.8 Å². The molecule has 320 valence electrons. The highest BCUT2D eigenvalue weighted by Crippen LogP contribution is 2.45.